The first kappa shape index (κ1) is 24.3. The molecule has 5 heteroatoms. The van der Waals surface area contributed by atoms with Crippen LogP contribution >= 0.6 is 0 Å². The monoisotopic (exact) mass is 425 g/mol. The molecule has 0 aliphatic carbocycles. The highest BCUT2D eigenvalue weighted by Gasteiger charge is 2.07. The average molecular weight is 426 g/mol. The summed E-state index contributed by atoms with van der Waals surface area (Å²) in [5.74, 6) is 2.68. The van der Waals surface area contributed by atoms with Gasteiger partial charge in [-0.15, -0.1) is 0 Å². The standard InChI is InChI=1S/C26H35NO4/c1-6-7-14-30-25-17-20(2)26(21(3)18-25)31-16-9-15-29-24-11-8-10-23(19-24)13-12-22(4)27-28-5/h6-8,10-11,17-19H,9,12-16H2,1-5H3/b7-6+,27-22?. The first-order valence-electron chi connectivity index (χ1n) is 10.8. The second kappa shape index (κ2) is 13.4. The first-order chi connectivity index (χ1) is 15.0. The SMILES string of the molecule is C/C=C/COc1cc(C)c(OCCCOc2cccc(CCC(C)=NOC)c2)c(C)c1. The van der Waals surface area contributed by atoms with Crippen molar-refractivity contribution in [1.29, 1.82) is 0 Å². The molecule has 0 bridgehead atoms. The normalized spacial score (nSPS) is 11.6. The Bertz CT molecular complexity index is 850. The van der Waals surface area contributed by atoms with E-state index < -0.39 is 0 Å². The molecule has 2 aromatic carbocycles. The predicted octanol–water partition coefficient (Wildman–Crippen LogP) is 6.06. The van der Waals surface area contributed by atoms with Gasteiger partial charge in [0.05, 0.1) is 18.9 Å². The molecule has 0 unspecified atom stereocenters. The summed E-state index contributed by atoms with van der Waals surface area (Å²) in [5, 5.41) is 3.95. The third kappa shape index (κ3) is 8.75. The van der Waals surface area contributed by atoms with Crippen molar-refractivity contribution in [1.82, 2.24) is 0 Å². The van der Waals surface area contributed by atoms with Crippen LogP contribution in [-0.2, 0) is 11.3 Å². The van der Waals surface area contributed by atoms with Crippen molar-refractivity contribution in [2.45, 2.75) is 47.0 Å². The molecule has 0 saturated carbocycles. The first-order valence-corrected chi connectivity index (χ1v) is 10.8. The minimum absolute atomic E-state index is 0.578. The van der Waals surface area contributed by atoms with Crippen molar-refractivity contribution in [3.8, 4) is 17.2 Å². The van der Waals surface area contributed by atoms with Crippen LogP contribution in [0, 0.1) is 13.8 Å². The number of oxime groups is 1. The lowest BCUT2D eigenvalue weighted by molar-refractivity contribution is 0.212. The highest BCUT2D eigenvalue weighted by Crippen LogP contribution is 2.28. The van der Waals surface area contributed by atoms with Gasteiger partial charge < -0.3 is 19.0 Å². The van der Waals surface area contributed by atoms with E-state index in [1.165, 1.54) is 5.56 Å². The summed E-state index contributed by atoms with van der Waals surface area (Å²) in [6.45, 7) is 9.84. The van der Waals surface area contributed by atoms with E-state index in [4.69, 9.17) is 19.0 Å². The van der Waals surface area contributed by atoms with Crippen molar-refractivity contribution in [2.24, 2.45) is 5.16 Å². The molecular weight excluding hydrogens is 390 g/mol. The molecule has 5 nitrogen and oxygen atoms in total. The van der Waals surface area contributed by atoms with Crippen molar-refractivity contribution in [2.75, 3.05) is 26.9 Å². The molecule has 0 fully saturated rings. The molecule has 0 spiro atoms. The van der Waals surface area contributed by atoms with E-state index in [0.717, 1.165) is 53.3 Å². The Morgan fingerprint density at radius 2 is 1.71 bits per heavy atom. The van der Waals surface area contributed by atoms with E-state index >= 15 is 0 Å². The van der Waals surface area contributed by atoms with Gasteiger partial charge in [0, 0.05) is 6.42 Å². The number of nitrogens with zero attached hydrogens (tertiary/aromatic N) is 1. The van der Waals surface area contributed by atoms with Gasteiger partial charge in [-0.3, -0.25) is 0 Å². The topological polar surface area (TPSA) is 49.3 Å². The van der Waals surface area contributed by atoms with Gasteiger partial charge in [-0.1, -0.05) is 29.4 Å². The summed E-state index contributed by atoms with van der Waals surface area (Å²) < 4.78 is 17.7. The van der Waals surface area contributed by atoms with Crippen LogP contribution in [0.1, 0.15) is 43.4 Å². The van der Waals surface area contributed by atoms with E-state index in [1.54, 1.807) is 7.11 Å². The van der Waals surface area contributed by atoms with Crippen LogP contribution in [0.25, 0.3) is 0 Å². The van der Waals surface area contributed by atoms with Crippen molar-refractivity contribution >= 4 is 5.71 Å². The molecule has 0 aromatic heterocycles. The molecule has 0 aliphatic heterocycles. The summed E-state index contributed by atoms with van der Waals surface area (Å²) in [7, 11) is 1.57. The fourth-order valence-electron chi connectivity index (χ4n) is 3.20. The summed E-state index contributed by atoms with van der Waals surface area (Å²) >= 11 is 0. The summed E-state index contributed by atoms with van der Waals surface area (Å²) in [6, 6.07) is 12.2. The van der Waals surface area contributed by atoms with Crippen LogP contribution in [-0.4, -0.2) is 32.6 Å². The fourth-order valence-corrected chi connectivity index (χ4v) is 3.20. The number of allylic oxidation sites excluding steroid dienone is 1. The third-order valence-electron chi connectivity index (χ3n) is 4.74. The second-order valence-electron chi connectivity index (χ2n) is 7.47. The maximum Gasteiger partial charge on any atom is 0.125 e. The van der Waals surface area contributed by atoms with E-state index in [9.17, 15) is 0 Å². The lowest BCUT2D eigenvalue weighted by Crippen LogP contribution is -2.07. The predicted molar refractivity (Wildman–Crippen MR) is 127 cm³/mol. The number of benzene rings is 2. The van der Waals surface area contributed by atoms with Gasteiger partial charge in [0.2, 0.25) is 0 Å². The molecule has 0 N–H and O–H groups in total. The second-order valence-corrected chi connectivity index (χ2v) is 7.47. The van der Waals surface area contributed by atoms with E-state index in [-0.39, 0.29) is 0 Å². The Kier molecular flexibility index (Phi) is 10.5. The Morgan fingerprint density at radius 1 is 0.968 bits per heavy atom. The zero-order valence-corrected chi connectivity index (χ0v) is 19.4. The Morgan fingerprint density at radius 3 is 2.42 bits per heavy atom. The molecule has 0 aliphatic rings. The summed E-state index contributed by atoms with van der Waals surface area (Å²) in [4.78, 5) is 4.81. The number of hydrogen-bond donors (Lipinski definition) is 0. The Balaban J connectivity index is 1.77. The molecular formula is C26H35NO4. The number of ether oxygens (including phenoxy) is 3. The molecule has 2 rings (SSSR count). The van der Waals surface area contributed by atoms with Gasteiger partial charge >= 0.3 is 0 Å². The van der Waals surface area contributed by atoms with E-state index in [1.807, 2.05) is 64.1 Å². The molecule has 2 aromatic rings. The van der Waals surface area contributed by atoms with Crippen molar-refractivity contribution in [3.63, 3.8) is 0 Å². The molecule has 0 saturated heterocycles. The maximum atomic E-state index is 6.02. The Hall–Kier alpha value is -2.95. The molecule has 0 heterocycles. The average Bonchev–Trinajstić information content (AvgIpc) is 2.74. The van der Waals surface area contributed by atoms with Crippen LogP contribution in [0.2, 0.25) is 0 Å². The minimum Gasteiger partial charge on any atom is -0.493 e. The van der Waals surface area contributed by atoms with E-state index in [2.05, 4.69) is 17.3 Å². The third-order valence-corrected chi connectivity index (χ3v) is 4.74. The lowest BCUT2D eigenvalue weighted by atomic mass is 10.1. The Labute approximate surface area is 186 Å². The quantitative estimate of drug-likeness (QED) is 0.169. The summed E-state index contributed by atoms with van der Waals surface area (Å²) in [5.41, 5.74) is 4.36. The summed E-state index contributed by atoms with van der Waals surface area (Å²) in [6.07, 6.45) is 6.55. The largest absolute Gasteiger partial charge is 0.493 e. The fraction of sp³-hybridized carbons (Fsp3) is 0.423. The van der Waals surface area contributed by atoms with E-state index in [0.29, 0.717) is 19.8 Å². The van der Waals surface area contributed by atoms with Crippen LogP contribution in [0.15, 0.2) is 53.7 Å². The highest BCUT2D eigenvalue weighted by molar-refractivity contribution is 5.81. The van der Waals surface area contributed by atoms with Crippen molar-refractivity contribution in [3.05, 3.63) is 65.2 Å². The number of hydrogen-bond acceptors (Lipinski definition) is 5. The zero-order valence-electron chi connectivity index (χ0n) is 19.4. The van der Waals surface area contributed by atoms with Crippen molar-refractivity contribution < 1.29 is 19.0 Å². The van der Waals surface area contributed by atoms with Crippen LogP contribution in [0.4, 0.5) is 0 Å². The molecule has 0 atom stereocenters. The van der Waals surface area contributed by atoms with Gasteiger partial charge in [-0.05, 0) is 81.5 Å². The lowest BCUT2D eigenvalue weighted by Gasteiger charge is -2.14. The van der Waals surface area contributed by atoms with Gasteiger partial charge in [-0.25, -0.2) is 0 Å². The van der Waals surface area contributed by atoms with Crippen LogP contribution < -0.4 is 14.2 Å². The molecule has 0 radical (unpaired) electrons. The maximum absolute atomic E-state index is 6.02. The van der Waals surface area contributed by atoms with Gasteiger partial charge in [0.15, 0.2) is 0 Å². The smallest absolute Gasteiger partial charge is 0.125 e. The van der Waals surface area contributed by atoms with Crippen LogP contribution in [0.5, 0.6) is 17.2 Å². The zero-order chi connectivity index (χ0) is 22.5. The molecule has 31 heavy (non-hydrogen) atoms. The number of rotatable bonds is 13. The van der Waals surface area contributed by atoms with Crippen LogP contribution in [0.3, 0.4) is 0 Å². The van der Waals surface area contributed by atoms with Gasteiger partial charge in [0.25, 0.3) is 0 Å². The van der Waals surface area contributed by atoms with Gasteiger partial charge in [0.1, 0.15) is 31.0 Å². The minimum atomic E-state index is 0.578. The molecule has 0 amide bonds. The number of aryl methyl sites for hydroxylation is 3. The molecule has 168 valence electrons. The highest BCUT2D eigenvalue weighted by atomic mass is 16.6. The van der Waals surface area contributed by atoms with Gasteiger partial charge in [-0.2, -0.15) is 0 Å².